The van der Waals surface area contributed by atoms with Crippen molar-refractivity contribution in [1.29, 1.82) is 0 Å². The number of fused-ring (bicyclic) bond motifs is 3. The van der Waals surface area contributed by atoms with E-state index in [2.05, 4.69) is 9.71 Å². The predicted octanol–water partition coefficient (Wildman–Crippen LogP) is 4.64. The number of sulfonamides is 1. The molecule has 3 aromatic heterocycles. The standard InChI is InChI=1S/C34H42N4O9S2/c1-19-26-29(39)38(34(5,6)31(40)36-49(42,43)33(2,3)4)32(41)37(30(26)48-27(19)28-35-14-15-45-28)18-25(23-10-8-9-11-24(23)44-7)47-22-16-20-12-13-21(17-22)46-20/h8-11,14-15,20-22,25H,12-13,16-18H2,1-7H3,(H,36,40)/t20-,21+,22?,25?. The molecular formula is C34H42N4O9S2. The van der Waals surface area contributed by atoms with Crippen molar-refractivity contribution in [2.75, 3.05) is 7.11 Å². The molecule has 2 aliphatic heterocycles. The van der Waals surface area contributed by atoms with Gasteiger partial charge in [0.25, 0.3) is 11.5 Å². The summed E-state index contributed by atoms with van der Waals surface area (Å²) >= 11 is 1.17. The summed E-state index contributed by atoms with van der Waals surface area (Å²) in [7, 11) is -2.61. The first-order valence-corrected chi connectivity index (χ1v) is 18.5. The average molecular weight is 715 g/mol. The van der Waals surface area contributed by atoms with E-state index < -0.39 is 43.6 Å². The minimum absolute atomic E-state index is 0.0500. The SMILES string of the molecule is COc1ccccc1C(Cn1c(=O)n(C(C)(C)C(=O)NS(=O)(=O)C(C)(C)C)c(=O)c2c(C)c(-c3ncco3)sc21)OC1C[C@H]2CC[C@@H](C1)O2. The Labute approximate surface area is 288 Å². The van der Waals surface area contributed by atoms with Crippen LogP contribution in [0.4, 0.5) is 0 Å². The first-order valence-electron chi connectivity index (χ1n) is 16.2. The van der Waals surface area contributed by atoms with E-state index in [1.54, 1.807) is 14.0 Å². The maximum Gasteiger partial charge on any atom is 0.333 e. The van der Waals surface area contributed by atoms with Gasteiger partial charge in [0.05, 0.1) is 53.2 Å². The smallest absolute Gasteiger partial charge is 0.333 e. The molecule has 2 aliphatic rings. The first kappa shape index (κ1) is 35.1. The summed E-state index contributed by atoms with van der Waals surface area (Å²) < 4.78 is 53.3. The highest BCUT2D eigenvalue weighted by molar-refractivity contribution is 7.91. The van der Waals surface area contributed by atoms with Gasteiger partial charge in [0.1, 0.15) is 28.5 Å². The van der Waals surface area contributed by atoms with Gasteiger partial charge in [-0.2, -0.15) is 0 Å². The van der Waals surface area contributed by atoms with Crippen LogP contribution in [-0.4, -0.2) is 58.6 Å². The van der Waals surface area contributed by atoms with Crippen LogP contribution in [0.1, 0.15) is 77.5 Å². The number of para-hydroxylation sites is 1. The molecule has 0 aliphatic carbocycles. The zero-order chi connectivity index (χ0) is 35.5. The van der Waals surface area contributed by atoms with Crippen LogP contribution in [0.15, 0.2) is 50.7 Å². The number of thiophene rings is 1. The molecule has 1 aromatic carbocycles. The molecule has 2 fully saturated rings. The Hall–Kier alpha value is -3.79. The van der Waals surface area contributed by atoms with Gasteiger partial charge in [0.15, 0.2) is 0 Å². The highest BCUT2D eigenvalue weighted by Crippen LogP contribution is 2.40. The van der Waals surface area contributed by atoms with Gasteiger partial charge >= 0.3 is 5.69 Å². The summed E-state index contributed by atoms with van der Waals surface area (Å²) in [6, 6.07) is 7.40. The normalized spacial score (nSPS) is 20.4. The number of aryl methyl sites for hydroxylation is 1. The summed E-state index contributed by atoms with van der Waals surface area (Å²) in [5, 5.41) is 0.181. The number of ether oxygens (including phenoxy) is 3. The van der Waals surface area contributed by atoms with Crippen LogP contribution in [0.3, 0.4) is 0 Å². The third-order valence-electron chi connectivity index (χ3n) is 9.42. The predicted molar refractivity (Wildman–Crippen MR) is 184 cm³/mol. The van der Waals surface area contributed by atoms with Crippen LogP contribution >= 0.6 is 11.3 Å². The van der Waals surface area contributed by atoms with Crippen LogP contribution in [0.5, 0.6) is 5.75 Å². The molecule has 264 valence electrons. The maximum absolute atomic E-state index is 14.7. The van der Waals surface area contributed by atoms with E-state index in [4.69, 9.17) is 18.6 Å². The van der Waals surface area contributed by atoms with E-state index in [1.165, 1.54) is 63.0 Å². The minimum Gasteiger partial charge on any atom is -0.496 e. The number of rotatable bonds is 10. The number of hydrogen-bond donors (Lipinski definition) is 1. The van der Waals surface area contributed by atoms with Crippen LogP contribution in [-0.2, 0) is 36.4 Å². The minimum atomic E-state index is -4.17. The van der Waals surface area contributed by atoms with E-state index in [0.717, 1.165) is 17.4 Å². The lowest BCUT2D eigenvalue weighted by Gasteiger charge is -2.33. The number of nitrogens with one attached hydrogen (secondary N) is 1. The van der Waals surface area contributed by atoms with Gasteiger partial charge in [-0.05, 0) is 78.9 Å². The number of nitrogens with zero attached hydrogens (tertiary/aromatic N) is 3. The fourth-order valence-corrected chi connectivity index (χ4v) is 8.55. The van der Waals surface area contributed by atoms with Gasteiger partial charge in [0.2, 0.25) is 15.9 Å². The van der Waals surface area contributed by atoms with Crippen molar-refractivity contribution < 1.29 is 31.8 Å². The van der Waals surface area contributed by atoms with E-state index in [-0.39, 0.29) is 36.1 Å². The van der Waals surface area contributed by atoms with Gasteiger partial charge in [0, 0.05) is 5.56 Å². The molecule has 1 N–H and O–H groups in total. The third-order valence-corrected chi connectivity index (χ3v) is 12.8. The Morgan fingerprint density at radius 2 is 1.80 bits per heavy atom. The van der Waals surface area contributed by atoms with Crippen LogP contribution in [0.2, 0.25) is 0 Å². The summed E-state index contributed by atoms with van der Waals surface area (Å²) in [6.07, 6.45) is 5.58. The quantitative estimate of drug-likeness (QED) is 0.245. The van der Waals surface area contributed by atoms with Crippen molar-refractivity contribution in [2.45, 2.75) is 108 Å². The molecule has 1 amide bonds. The molecule has 15 heteroatoms. The maximum atomic E-state index is 14.7. The monoisotopic (exact) mass is 714 g/mol. The lowest BCUT2D eigenvalue weighted by molar-refractivity contribution is -0.126. The van der Waals surface area contributed by atoms with Gasteiger partial charge < -0.3 is 18.6 Å². The molecule has 0 radical (unpaired) electrons. The Kier molecular flexibility index (Phi) is 9.18. The van der Waals surface area contributed by atoms with Gasteiger partial charge in [-0.1, -0.05) is 18.2 Å². The number of carbonyl (C=O) groups excluding carboxylic acids is 1. The molecule has 2 unspecified atom stereocenters. The second-order valence-corrected chi connectivity index (χ2v) is 17.6. The summed E-state index contributed by atoms with van der Waals surface area (Å²) in [4.78, 5) is 48.0. The number of carbonyl (C=O) groups is 1. The fraction of sp³-hybridized carbons (Fsp3) is 0.529. The highest BCUT2D eigenvalue weighted by Gasteiger charge is 2.41. The largest absolute Gasteiger partial charge is 0.496 e. The Balaban J connectivity index is 1.54. The van der Waals surface area contributed by atoms with Gasteiger partial charge in [-0.15, -0.1) is 11.3 Å². The summed E-state index contributed by atoms with van der Waals surface area (Å²) in [5.74, 6) is -0.189. The lowest BCUT2D eigenvalue weighted by Crippen LogP contribution is -2.58. The van der Waals surface area contributed by atoms with Gasteiger partial charge in [-0.3, -0.25) is 18.9 Å². The second-order valence-electron chi connectivity index (χ2n) is 14.1. The Bertz CT molecular complexity index is 2100. The molecule has 6 rings (SSSR count). The molecule has 13 nitrogen and oxygen atoms in total. The van der Waals surface area contributed by atoms with Crippen molar-refractivity contribution in [3.05, 3.63) is 68.7 Å². The van der Waals surface area contributed by atoms with Crippen molar-refractivity contribution in [2.24, 2.45) is 0 Å². The Morgan fingerprint density at radius 1 is 1.12 bits per heavy atom. The number of amides is 1. The summed E-state index contributed by atoms with van der Waals surface area (Å²) in [5.41, 5.74) is -2.27. The van der Waals surface area contributed by atoms with Crippen molar-refractivity contribution in [3.8, 4) is 16.5 Å². The van der Waals surface area contributed by atoms with Crippen LogP contribution < -0.4 is 20.7 Å². The van der Waals surface area contributed by atoms with E-state index in [0.29, 0.717) is 39.4 Å². The number of oxazole rings is 1. The second kappa shape index (κ2) is 12.8. The number of benzene rings is 1. The molecule has 49 heavy (non-hydrogen) atoms. The summed E-state index contributed by atoms with van der Waals surface area (Å²) in [6.45, 7) is 8.71. The van der Waals surface area contributed by atoms with E-state index >= 15 is 0 Å². The molecule has 2 bridgehead atoms. The van der Waals surface area contributed by atoms with Crippen LogP contribution in [0, 0.1) is 6.92 Å². The molecular weight excluding hydrogens is 673 g/mol. The van der Waals surface area contributed by atoms with Crippen LogP contribution in [0.25, 0.3) is 21.0 Å². The molecule has 2 saturated heterocycles. The molecule has 0 spiro atoms. The van der Waals surface area contributed by atoms with E-state index in [9.17, 15) is 22.8 Å². The lowest BCUT2D eigenvalue weighted by atomic mass is 10.0. The first-order chi connectivity index (χ1) is 23.0. The van der Waals surface area contributed by atoms with Crippen molar-refractivity contribution >= 4 is 37.5 Å². The van der Waals surface area contributed by atoms with Crippen molar-refractivity contribution in [1.82, 2.24) is 18.8 Å². The average Bonchev–Trinajstić information content (AvgIpc) is 3.77. The molecule has 4 atom stereocenters. The zero-order valence-corrected chi connectivity index (χ0v) is 30.3. The highest BCUT2D eigenvalue weighted by atomic mass is 32.2. The zero-order valence-electron chi connectivity index (χ0n) is 28.6. The van der Waals surface area contributed by atoms with Gasteiger partial charge in [-0.25, -0.2) is 22.8 Å². The van der Waals surface area contributed by atoms with E-state index in [1.807, 2.05) is 24.3 Å². The topological polar surface area (TPSA) is 161 Å². The van der Waals surface area contributed by atoms with Crippen molar-refractivity contribution in [3.63, 3.8) is 0 Å². The molecule has 4 aromatic rings. The Morgan fingerprint density at radius 3 is 2.41 bits per heavy atom. The number of methoxy groups -OCH3 is 1. The molecule has 5 heterocycles. The third kappa shape index (κ3) is 6.37. The number of hydrogen-bond acceptors (Lipinski definition) is 11. The molecule has 0 saturated carbocycles. The number of aromatic nitrogens is 3. The fourth-order valence-electron chi connectivity index (χ4n) is 6.51.